The van der Waals surface area contributed by atoms with Gasteiger partial charge in [-0.25, -0.2) is 0 Å². The highest BCUT2D eigenvalue weighted by Gasteiger charge is 2.30. The van der Waals surface area contributed by atoms with E-state index in [2.05, 4.69) is 27.0 Å². The zero-order valence-electron chi connectivity index (χ0n) is 14.0. The van der Waals surface area contributed by atoms with Crippen molar-refractivity contribution in [2.45, 2.75) is 25.3 Å². The molecule has 3 heterocycles. The van der Waals surface area contributed by atoms with Crippen LogP contribution < -0.4 is 10.6 Å². The highest BCUT2D eigenvalue weighted by molar-refractivity contribution is 7.10. The molecule has 2 amide bonds. The molecule has 2 aliphatic heterocycles. The number of hydrogen-bond acceptors (Lipinski definition) is 4. The lowest BCUT2D eigenvalue weighted by atomic mass is 9.90. The SMILES string of the molecule is O=C1CC(C(=O)NCCN2CCc3sccc3C2)c2ccccc2N1. The third-order valence-corrected chi connectivity index (χ3v) is 5.95. The Labute approximate surface area is 151 Å². The van der Waals surface area contributed by atoms with E-state index in [-0.39, 0.29) is 18.2 Å². The van der Waals surface area contributed by atoms with Crippen LogP contribution in [0.4, 0.5) is 5.69 Å². The van der Waals surface area contributed by atoms with E-state index in [4.69, 9.17) is 0 Å². The van der Waals surface area contributed by atoms with Crippen molar-refractivity contribution < 1.29 is 9.59 Å². The summed E-state index contributed by atoms with van der Waals surface area (Å²) >= 11 is 1.83. The molecule has 1 aromatic carbocycles. The normalized spacial score (nSPS) is 19.7. The Balaban J connectivity index is 1.33. The Morgan fingerprint density at radius 2 is 2.20 bits per heavy atom. The van der Waals surface area contributed by atoms with Gasteiger partial charge in [0.05, 0.1) is 5.92 Å². The zero-order chi connectivity index (χ0) is 17.2. The third kappa shape index (κ3) is 3.45. The van der Waals surface area contributed by atoms with Crippen LogP contribution in [0.25, 0.3) is 0 Å². The Hall–Kier alpha value is -2.18. The van der Waals surface area contributed by atoms with Crippen LogP contribution in [-0.4, -0.2) is 36.3 Å². The topological polar surface area (TPSA) is 61.4 Å². The van der Waals surface area contributed by atoms with Crippen molar-refractivity contribution >= 4 is 28.8 Å². The van der Waals surface area contributed by atoms with E-state index in [1.54, 1.807) is 0 Å². The largest absolute Gasteiger partial charge is 0.354 e. The van der Waals surface area contributed by atoms with Gasteiger partial charge in [0, 0.05) is 43.2 Å². The van der Waals surface area contributed by atoms with Crippen molar-refractivity contribution in [2.24, 2.45) is 0 Å². The van der Waals surface area contributed by atoms with Gasteiger partial charge in [-0.3, -0.25) is 14.5 Å². The van der Waals surface area contributed by atoms with Gasteiger partial charge in [0.15, 0.2) is 0 Å². The second-order valence-corrected chi connectivity index (χ2v) is 7.58. The number of fused-ring (bicyclic) bond motifs is 2. The molecule has 2 aliphatic rings. The minimum absolute atomic E-state index is 0.0597. The van der Waals surface area contributed by atoms with Gasteiger partial charge in [0.2, 0.25) is 11.8 Å². The van der Waals surface area contributed by atoms with Gasteiger partial charge in [0.1, 0.15) is 0 Å². The second-order valence-electron chi connectivity index (χ2n) is 6.58. The molecular formula is C19H21N3O2S. The highest BCUT2D eigenvalue weighted by Crippen LogP contribution is 2.32. The highest BCUT2D eigenvalue weighted by atomic mass is 32.1. The standard InChI is InChI=1S/C19H21N3O2S/c23-18-11-15(14-3-1-2-4-16(14)21-18)19(24)20-7-9-22-8-5-17-13(12-22)6-10-25-17/h1-4,6,10,15H,5,7-9,11-12H2,(H,20,24)(H,21,23). The zero-order valence-corrected chi connectivity index (χ0v) is 14.8. The molecule has 1 unspecified atom stereocenters. The Morgan fingerprint density at radius 1 is 1.32 bits per heavy atom. The first-order chi connectivity index (χ1) is 12.2. The van der Waals surface area contributed by atoms with Gasteiger partial charge < -0.3 is 10.6 Å². The van der Waals surface area contributed by atoms with Crippen LogP contribution in [-0.2, 0) is 22.6 Å². The molecule has 0 spiro atoms. The van der Waals surface area contributed by atoms with E-state index in [1.807, 2.05) is 35.6 Å². The van der Waals surface area contributed by atoms with E-state index in [0.717, 1.165) is 37.3 Å². The quantitative estimate of drug-likeness (QED) is 0.885. The number of nitrogens with zero attached hydrogens (tertiary/aromatic N) is 1. The minimum atomic E-state index is -0.394. The average molecular weight is 355 g/mol. The summed E-state index contributed by atoms with van der Waals surface area (Å²) in [7, 11) is 0. The molecule has 2 aromatic rings. The van der Waals surface area contributed by atoms with E-state index in [0.29, 0.717) is 6.54 Å². The first kappa shape index (κ1) is 16.3. The molecule has 0 aliphatic carbocycles. The fourth-order valence-electron chi connectivity index (χ4n) is 3.60. The van der Waals surface area contributed by atoms with Gasteiger partial charge in [-0.1, -0.05) is 18.2 Å². The minimum Gasteiger partial charge on any atom is -0.354 e. The predicted molar refractivity (Wildman–Crippen MR) is 98.7 cm³/mol. The molecule has 25 heavy (non-hydrogen) atoms. The number of amides is 2. The van der Waals surface area contributed by atoms with Crippen molar-refractivity contribution in [1.82, 2.24) is 10.2 Å². The molecule has 0 fully saturated rings. The number of rotatable bonds is 4. The van der Waals surface area contributed by atoms with E-state index in [9.17, 15) is 9.59 Å². The summed E-state index contributed by atoms with van der Waals surface area (Å²) in [6.45, 7) is 3.45. The van der Waals surface area contributed by atoms with E-state index < -0.39 is 5.92 Å². The number of para-hydroxylation sites is 1. The molecule has 5 nitrogen and oxygen atoms in total. The van der Waals surface area contributed by atoms with Crippen molar-refractivity contribution in [3.05, 3.63) is 51.7 Å². The van der Waals surface area contributed by atoms with Crippen LogP contribution in [0.5, 0.6) is 0 Å². The van der Waals surface area contributed by atoms with Crippen molar-refractivity contribution in [3.8, 4) is 0 Å². The van der Waals surface area contributed by atoms with Crippen molar-refractivity contribution in [2.75, 3.05) is 25.0 Å². The maximum Gasteiger partial charge on any atom is 0.228 e. The number of carbonyl (C=O) groups is 2. The number of anilines is 1. The number of thiophene rings is 1. The molecule has 1 aromatic heterocycles. The van der Waals surface area contributed by atoms with Crippen LogP contribution in [0.1, 0.15) is 28.3 Å². The molecule has 4 rings (SSSR count). The maximum absolute atomic E-state index is 12.6. The molecule has 0 saturated heterocycles. The summed E-state index contributed by atoms with van der Waals surface area (Å²) in [5.74, 6) is -0.551. The summed E-state index contributed by atoms with van der Waals surface area (Å²) in [5.41, 5.74) is 3.07. The summed E-state index contributed by atoms with van der Waals surface area (Å²) in [5, 5.41) is 8.01. The molecule has 0 saturated carbocycles. The van der Waals surface area contributed by atoms with Gasteiger partial charge in [0.25, 0.3) is 0 Å². The molecule has 2 N–H and O–H groups in total. The fraction of sp³-hybridized carbons (Fsp3) is 0.368. The number of hydrogen-bond donors (Lipinski definition) is 2. The Morgan fingerprint density at radius 3 is 3.12 bits per heavy atom. The summed E-state index contributed by atoms with van der Waals surface area (Å²) in [6, 6.07) is 9.74. The van der Waals surface area contributed by atoms with Crippen LogP contribution in [0.2, 0.25) is 0 Å². The molecule has 130 valence electrons. The lowest BCUT2D eigenvalue weighted by Crippen LogP contribution is -2.40. The number of benzene rings is 1. The van der Waals surface area contributed by atoms with Gasteiger partial charge >= 0.3 is 0 Å². The summed E-state index contributed by atoms with van der Waals surface area (Å²) in [4.78, 5) is 28.3. The third-order valence-electron chi connectivity index (χ3n) is 4.93. The number of nitrogens with one attached hydrogen (secondary N) is 2. The number of carbonyl (C=O) groups excluding carboxylic acids is 2. The summed E-state index contributed by atoms with van der Waals surface area (Å²) < 4.78 is 0. The van der Waals surface area contributed by atoms with Gasteiger partial charge in [-0.05, 0) is 35.1 Å². The van der Waals surface area contributed by atoms with Crippen LogP contribution in [0.15, 0.2) is 35.7 Å². The smallest absolute Gasteiger partial charge is 0.228 e. The second kappa shape index (κ2) is 6.98. The first-order valence-electron chi connectivity index (χ1n) is 8.65. The van der Waals surface area contributed by atoms with Crippen molar-refractivity contribution in [3.63, 3.8) is 0 Å². The molecule has 6 heteroatoms. The molecule has 1 atom stereocenters. The van der Waals surface area contributed by atoms with Crippen LogP contribution in [0.3, 0.4) is 0 Å². The molecular weight excluding hydrogens is 334 g/mol. The van der Waals surface area contributed by atoms with Gasteiger partial charge in [-0.15, -0.1) is 11.3 Å². The lowest BCUT2D eigenvalue weighted by Gasteiger charge is -2.28. The monoisotopic (exact) mass is 355 g/mol. The first-order valence-corrected chi connectivity index (χ1v) is 9.53. The summed E-state index contributed by atoms with van der Waals surface area (Å²) in [6.07, 6.45) is 1.31. The average Bonchev–Trinajstić information content (AvgIpc) is 3.08. The van der Waals surface area contributed by atoms with E-state index in [1.165, 1.54) is 10.4 Å². The maximum atomic E-state index is 12.6. The predicted octanol–water partition coefficient (Wildman–Crippen LogP) is 2.35. The molecule has 0 radical (unpaired) electrons. The Kier molecular flexibility index (Phi) is 4.55. The van der Waals surface area contributed by atoms with E-state index >= 15 is 0 Å². The van der Waals surface area contributed by atoms with Crippen LogP contribution in [0, 0.1) is 0 Å². The van der Waals surface area contributed by atoms with Crippen molar-refractivity contribution in [1.29, 1.82) is 0 Å². The Bertz CT molecular complexity index is 801. The van der Waals surface area contributed by atoms with Crippen LogP contribution >= 0.6 is 11.3 Å². The van der Waals surface area contributed by atoms with Gasteiger partial charge in [-0.2, -0.15) is 0 Å². The molecule has 0 bridgehead atoms. The fourth-order valence-corrected chi connectivity index (χ4v) is 4.49. The lowest BCUT2D eigenvalue weighted by molar-refractivity contribution is -0.126.